The lowest BCUT2D eigenvalue weighted by Crippen LogP contribution is -2.40. The maximum absolute atomic E-state index is 13.1. The lowest BCUT2D eigenvalue weighted by Gasteiger charge is -2.31. The fraction of sp³-hybridized carbons (Fsp3) is 0.381. The quantitative estimate of drug-likeness (QED) is 0.677. The van der Waals surface area contributed by atoms with Crippen molar-refractivity contribution < 1.29 is 22.7 Å². The van der Waals surface area contributed by atoms with E-state index in [9.17, 15) is 18.0 Å². The van der Waals surface area contributed by atoms with Crippen LogP contribution in [0.15, 0.2) is 58.7 Å². The van der Waals surface area contributed by atoms with Gasteiger partial charge in [0.25, 0.3) is 15.9 Å². The molecule has 0 bridgehead atoms. The number of fused-ring (bicyclic) bond motifs is 1. The molecule has 1 saturated heterocycles. The van der Waals surface area contributed by atoms with Crippen molar-refractivity contribution in [2.45, 2.75) is 25.4 Å². The van der Waals surface area contributed by atoms with Crippen molar-refractivity contribution in [3.8, 4) is 0 Å². The Morgan fingerprint density at radius 3 is 2.47 bits per heavy atom. The second-order valence-corrected chi connectivity index (χ2v) is 9.18. The molecule has 1 atom stereocenters. The summed E-state index contributed by atoms with van der Waals surface area (Å²) in [6.45, 7) is 1.52. The molecule has 3 aliphatic heterocycles. The Morgan fingerprint density at radius 2 is 1.73 bits per heavy atom. The number of carbonyl (C=O) groups excluding carboxylic acids is 2. The summed E-state index contributed by atoms with van der Waals surface area (Å²) < 4.78 is 32.7. The van der Waals surface area contributed by atoms with Gasteiger partial charge in [0.05, 0.1) is 11.3 Å². The van der Waals surface area contributed by atoms with Gasteiger partial charge in [-0.3, -0.25) is 4.79 Å². The predicted molar refractivity (Wildman–Crippen MR) is 111 cm³/mol. The van der Waals surface area contributed by atoms with Gasteiger partial charge in [0.2, 0.25) is 6.10 Å². The number of hydrogen-bond donors (Lipinski definition) is 0. The fourth-order valence-electron chi connectivity index (χ4n) is 3.67. The predicted octanol–water partition coefficient (Wildman–Crippen LogP) is 1.78. The highest BCUT2D eigenvalue weighted by Crippen LogP contribution is 2.25. The number of esters is 1. The number of sulfonamides is 1. The molecule has 158 valence electrons. The highest BCUT2D eigenvalue weighted by molar-refractivity contribution is 7.90. The lowest BCUT2D eigenvalue weighted by molar-refractivity contribution is -0.158. The van der Waals surface area contributed by atoms with Crippen LogP contribution in [0.1, 0.15) is 30.9 Å². The first kappa shape index (κ1) is 20.3. The van der Waals surface area contributed by atoms with Crippen LogP contribution in [-0.4, -0.2) is 61.3 Å². The van der Waals surface area contributed by atoms with Crippen molar-refractivity contribution in [1.82, 2.24) is 9.80 Å². The van der Waals surface area contributed by atoms with Gasteiger partial charge in [-0.25, -0.2) is 13.2 Å². The molecule has 0 saturated carbocycles. The van der Waals surface area contributed by atoms with Crippen LogP contribution in [-0.2, 0) is 24.3 Å². The Morgan fingerprint density at radius 1 is 1.00 bits per heavy atom. The highest BCUT2D eigenvalue weighted by atomic mass is 32.2. The average molecular weight is 429 g/mol. The summed E-state index contributed by atoms with van der Waals surface area (Å²) in [6.07, 6.45) is 6.39. The summed E-state index contributed by atoms with van der Waals surface area (Å²) in [4.78, 5) is 29.4. The first-order valence-corrected chi connectivity index (χ1v) is 11.6. The minimum Gasteiger partial charge on any atom is -0.444 e. The SMILES string of the molecule is O=C(O[C@H](C(=O)N1CCCCC1)c1ccccc1)C1=CN2CCS(=O)(=O)N=C2C=C1. The molecule has 9 heteroatoms. The topological polar surface area (TPSA) is 96.4 Å². The normalized spacial score (nSPS) is 21.2. The zero-order valence-electron chi connectivity index (χ0n) is 16.4. The maximum Gasteiger partial charge on any atom is 0.340 e. The van der Waals surface area contributed by atoms with Gasteiger partial charge in [0.1, 0.15) is 5.84 Å². The molecular formula is C21H23N3O5S. The highest BCUT2D eigenvalue weighted by Gasteiger charge is 2.32. The van der Waals surface area contributed by atoms with E-state index < -0.39 is 22.1 Å². The van der Waals surface area contributed by atoms with Crippen molar-refractivity contribution >= 4 is 27.7 Å². The molecule has 0 aliphatic carbocycles. The molecule has 0 N–H and O–H groups in total. The summed E-state index contributed by atoms with van der Waals surface area (Å²) in [6, 6.07) is 8.98. The number of hydrogen-bond acceptors (Lipinski definition) is 6. The van der Waals surface area contributed by atoms with Crippen LogP contribution >= 0.6 is 0 Å². The molecule has 0 aromatic heterocycles. The van der Waals surface area contributed by atoms with E-state index in [4.69, 9.17) is 4.74 Å². The first-order chi connectivity index (χ1) is 14.4. The van der Waals surface area contributed by atoms with E-state index in [-0.39, 0.29) is 29.6 Å². The number of carbonyl (C=O) groups is 2. The van der Waals surface area contributed by atoms with E-state index in [1.165, 1.54) is 18.4 Å². The molecule has 30 heavy (non-hydrogen) atoms. The van der Waals surface area contributed by atoms with Gasteiger partial charge in [-0.1, -0.05) is 30.3 Å². The molecule has 0 unspecified atom stereocenters. The number of likely N-dealkylation sites (tertiary alicyclic amines) is 1. The summed E-state index contributed by atoms with van der Waals surface area (Å²) >= 11 is 0. The molecule has 1 aromatic rings. The van der Waals surface area contributed by atoms with Crippen molar-refractivity contribution in [1.29, 1.82) is 0 Å². The monoisotopic (exact) mass is 429 g/mol. The minimum atomic E-state index is -3.47. The van der Waals surface area contributed by atoms with Crippen LogP contribution < -0.4 is 0 Å². The molecule has 3 heterocycles. The molecule has 1 fully saturated rings. The number of rotatable bonds is 4. The van der Waals surface area contributed by atoms with Crippen molar-refractivity contribution in [3.05, 3.63) is 59.8 Å². The van der Waals surface area contributed by atoms with Crippen LogP contribution in [0.5, 0.6) is 0 Å². The average Bonchev–Trinajstić information content (AvgIpc) is 2.77. The number of piperidine rings is 1. The van der Waals surface area contributed by atoms with E-state index >= 15 is 0 Å². The Hall–Kier alpha value is -2.94. The molecule has 8 nitrogen and oxygen atoms in total. The number of nitrogens with zero attached hydrogens (tertiary/aromatic N) is 3. The molecule has 0 radical (unpaired) electrons. The smallest absolute Gasteiger partial charge is 0.340 e. The number of ether oxygens (including phenoxy) is 1. The summed E-state index contributed by atoms with van der Waals surface area (Å²) in [7, 11) is -3.47. The second-order valence-electron chi connectivity index (χ2n) is 7.43. The Kier molecular flexibility index (Phi) is 5.72. The third-order valence-electron chi connectivity index (χ3n) is 5.28. The van der Waals surface area contributed by atoms with Crippen molar-refractivity contribution in [2.75, 3.05) is 25.4 Å². The fourth-order valence-corrected chi connectivity index (χ4v) is 4.64. The molecule has 0 spiro atoms. The van der Waals surface area contributed by atoms with Crippen LogP contribution in [0.4, 0.5) is 0 Å². The number of amides is 1. The number of benzene rings is 1. The summed E-state index contributed by atoms with van der Waals surface area (Å²) in [5.41, 5.74) is 0.855. The van der Waals surface area contributed by atoms with E-state index in [2.05, 4.69) is 4.40 Å². The maximum atomic E-state index is 13.1. The Bertz CT molecular complexity index is 1020. The van der Waals surface area contributed by atoms with Gasteiger partial charge in [-0.2, -0.15) is 0 Å². The van der Waals surface area contributed by atoms with Gasteiger partial charge >= 0.3 is 5.97 Å². The third-order valence-corrected chi connectivity index (χ3v) is 6.44. The van der Waals surface area contributed by atoms with Crippen LogP contribution in [0, 0.1) is 0 Å². The van der Waals surface area contributed by atoms with Crippen molar-refractivity contribution in [3.63, 3.8) is 0 Å². The first-order valence-electron chi connectivity index (χ1n) is 9.97. The number of amidine groups is 1. The van der Waals surface area contributed by atoms with E-state index in [1.54, 1.807) is 34.1 Å². The van der Waals surface area contributed by atoms with Crippen LogP contribution in [0.2, 0.25) is 0 Å². The summed E-state index contributed by atoms with van der Waals surface area (Å²) in [5.74, 6) is -0.718. The lowest BCUT2D eigenvalue weighted by atomic mass is 10.1. The van der Waals surface area contributed by atoms with E-state index in [0.29, 0.717) is 18.7 Å². The minimum absolute atomic E-state index is 0.122. The summed E-state index contributed by atoms with van der Waals surface area (Å²) in [5, 5.41) is 0. The van der Waals surface area contributed by atoms with Crippen molar-refractivity contribution in [2.24, 2.45) is 4.40 Å². The van der Waals surface area contributed by atoms with Gasteiger partial charge in [-0.15, -0.1) is 4.40 Å². The molecule has 4 rings (SSSR count). The van der Waals surface area contributed by atoms with Gasteiger partial charge in [0, 0.05) is 31.4 Å². The van der Waals surface area contributed by atoms with Crippen LogP contribution in [0.3, 0.4) is 0 Å². The zero-order valence-corrected chi connectivity index (χ0v) is 17.3. The zero-order chi connectivity index (χ0) is 21.1. The Balaban J connectivity index is 1.54. The molecular weight excluding hydrogens is 406 g/mol. The standard InChI is InChI=1S/C21H23N3O5S/c25-20(23-11-5-2-6-12-23)19(16-7-3-1-4-8-16)29-21(26)17-9-10-18-22-30(27,28)14-13-24(18)15-17/h1,3-4,7-10,15,19H,2,5-6,11-14H2/t19-/m0/s1. The molecule has 1 amide bonds. The van der Waals surface area contributed by atoms with E-state index in [1.807, 2.05) is 6.07 Å². The van der Waals surface area contributed by atoms with Gasteiger partial charge < -0.3 is 14.5 Å². The second kappa shape index (κ2) is 8.43. The molecule has 3 aliphatic rings. The van der Waals surface area contributed by atoms with Gasteiger partial charge in [0.15, 0.2) is 0 Å². The van der Waals surface area contributed by atoms with Crippen LogP contribution in [0.25, 0.3) is 0 Å². The molecule has 1 aromatic carbocycles. The Labute approximate surface area is 175 Å². The van der Waals surface area contributed by atoms with Gasteiger partial charge in [-0.05, 0) is 31.4 Å². The third kappa shape index (κ3) is 4.46. The van der Waals surface area contributed by atoms with E-state index in [0.717, 1.165) is 19.3 Å². The largest absolute Gasteiger partial charge is 0.444 e.